The van der Waals surface area contributed by atoms with Crippen LogP contribution in [0.3, 0.4) is 0 Å². The summed E-state index contributed by atoms with van der Waals surface area (Å²) in [6.45, 7) is 7.91. The molecule has 10 rings (SSSR count). The number of aromatic nitrogens is 4. The lowest BCUT2D eigenvalue weighted by Gasteiger charge is -2.31. The number of rotatable bonds is 17. The van der Waals surface area contributed by atoms with Gasteiger partial charge in [0.1, 0.15) is 28.8 Å². The Labute approximate surface area is 446 Å². The maximum absolute atomic E-state index is 15.1. The van der Waals surface area contributed by atoms with Gasteiger partial charge in [0, 0.05) is 91.5 Å². The summed E-state index contributed by atoms with van der Waals surface area (Å²) in [5, 5.41) is 25.1. The van der Waals surface area contributed by atoms with E-state index < -0.39 is 68.5 Å². The van der Waals surface area contributed by atoms with Crippen molar-refractivity contribution in [3.8, 4) is 16.3 Å². The predicted octanol–water partition coefficient (Wildman–Crippen LogP) is 6.43. The number of carbonyl (C=O) groups excluding carboxylic acids is 4. The first-order valence-corrected chi connectivity index (χ1v) is 28.1. The van der Waals surface area contributed by atoms with Crippen LogP contribution in [0.25, 0.3) is 26.8 Å². The number of aliphatic hydroxyl groups is 1. The van der Waals surface area contributed by atoms with Crippen LogP contribution in [-0.4, -0.2) is 112 Å². The number of carbonyl (C=O) groups is 4. The van der Waals surface area contributed by atoms with Gasteiger partial charge in [-0.2, -0.15) is 4.99 Å². The number of sulfone groups is 1. The molecule has 4 aliphatic heterocycles. The topological polar surface area (TPSA) is 244 Å². The molecule has 0 saturated carbocycles. The summed E-state index contributed by atoms with van der Waals surface area (Å²) in [6, 6.07) is 10.8. The highest BCUT2D eigenvalue weighted by atomic mass is 32.2. The lowest BCUT2D eigenvalue weighted by Crippen LogP contribution is -2.51. The third kappa shape index (κ3) is 10.3. The second-order valence-electron chi connectivity index (χ2n) is 20.4. The Balaban J connectivity index is 0.786. The van der Waals surface area contributed by atoms with E-state index in [0.717, 1.165) is 28.6 Å². The van der Waals surface area contributed by atoms with Crippen molar-refractivity contribution in [3.63, 3.8) is 0 Å². The molecule has 4 atom stereocenters. The molecule has 4 aromatic heterocycles. The Bertz CT molecular complexity index is 3590. The van der Waals surface area contributed by atoms with Gasteiger partial charge in [0.25, 0.3) is 23.6 Å². The van der Waals surface area contributed by atoms with Crippen LogP contribution < -0.4 is 25.6 Å². The number of nitrogens with one attached hydrogen (secondary N) is 3. The Morgan fingerprint density at radius 3 is 2.58 bits per heavy atom. The fourth-order valence-corrected chi connectivity index (χ4v) is 12.2. The zero-order valence-electron chi connectivity index (χ0n) is 43.0. The standard InChI is InChI=1S/C54H56F2N10O9S2/c1-28(2)42(52(70)66-24-35(67)20-39(66)48-61-53(71)54(4,62-48)33-12-10-30(11-13-33)47-29(3)59-27-76-47)40-21-41(63-75-40)74-17-9-7-8-15-57-50(68)44-32(26-77(6,72)73)18-31-23-64(5)46-43(31)45(44)36-25-65(16-14-38(36)60-51(46)69)49-37(56)19-34(55)22-58-49/h10-14,18-19,21-23,25,27-28,35,39,42,67H,7-9,15-17,20,24,26H2,1-6H3,(H,57,68)(H,60,69)(H,61,62,71). The van der Waals surface area contributed by atoms with E-state index in [1.165, 1.54) is 22.4 Å². The predicted molar refractivity (Wildman–Crippen MR) is 284 cm³/mol. The number of allylic oxidation sites excluding steroid dienone is 1. The minimum absolute atomic E-state index is 0.0258. The van der Waals surface area contributed by atoms with E-state index in [9.17, 15) is 37.1 Å². The van der Waals surface area contributed by atoms with Crippen LogP contribution in [0.1, 0.15) is 101 Å². The maximum Gasteiger partial charge on any atom is 0.277 e. The number of likely N-dealkylation sites (tertiary alicyclic amines) is 1. The second kappa shape index (κ2) is 20.7. The van der Waals surface area contributed by atoms with Gasteiger partial charge in [-0.05, 0) is 73.0 Å². The van der Waals surface area contributed by atoms with Crippen molar-refractivity contribution in [2.24, 2.45) is 18.0 Å². The van der Waals surface area contributed by atoms with Crippen LogP contribution in [0, 0.1) is 24.5 Å². The van der Waals surface area contributed by atoms with Crippen LogP contribution in [0.4, 0.5) is 14.6 Å². The van der Waals surface area contributed by atoms with Gasteiger partial charge in [-0.3, -0.25) is 19.2 Å². The van der Waals surface area contributed by atoms with Gasteiger partial charge in [0.05, 0.1) is 52.3 Å². The molecule has 1 fully saturated rings. The van der Waals surface area contributed by atoms with Crippen LogP contribution in [0.15, 0.2) is 87.9 Å². The Morgan fingerprint density at radius 2 is 1.87 bits per heavy atom. The van der Waals surface area contributed by atoms with Crippen molar-refractivity contribution in [1.82, 2.24) is 40.5 Å². The van der Waals surface area contributed by atoms with E-state index >= 15 is 4.39 Å². The van der Waals surface area contributed by atoms with Gasteiger partial charge >= 0.3 is 0 Å². The zero-order chi connectivity index (χ0) is 54.7. The Hall–Kier alpha value is -7.63. The number of β-amino-alcohol motifs (C(OH)–C–C–N with tert-alkyl or cyclic N) is 1. The lowest BCUT2D eigenvalue weighted by molar-refractivity contribution is -0.134. The van der Waals surface area contributed by atoms with Crippen molar-refractivity contribution in [1.29, 1.82) is 0 Å². The van der Waals surface area contributed by atoms with Crippen molar-refractivity contribution >= 4 is 72.8 Å². The molecule has 0 aliphatic carbocycles. The number of halogens is 2. The van der Waals surface area contributed by atoms with Gasteiger partial charge in [-0.15, -0.1) is 11.3 Å². The molecule has 77 heavy (non-hydrogen) atoms. The molecule has 0 bridgehead atoms. The molecule has 0 spiro atoms. The summed E-state index contributed by atoms with van der Waals surface area (Å²) in [6.07, 6.45) is 7.68. The molecule has 8 heterocycles. The van der Waals surface area contributed by atoms with E-state index in [-0.39, 0.29) is 84.3 Å². The van der Waals surface area contributed by atoms with Crippen LogP contribution in [0.2, 0.25) is 0 Å². The molecule has 4 amide bonds. The smallest absolute Gasteiger partial charge is 0.277 e. The number of hydrogen-bond donors (Lipinski definition) is 4. The molecule has 4 N–H and O–H groups in total. The first-order chi connectivity index (χ1) is 36.7. The number of anilines is 1. The van der Waals surface area contributed by atoms with Crippen LogP contribution >= 0.6 is 11.3 Å². The highest BCUT2D eigenvalue weighted by molar-refractivity contribution is 7.89. The first-order valence-electron chi connectivity index (χ1n) is 25.1. The highest BCUT2D eigenvalue weighted by Crippen LogP contribution is 2.42. The van der Waals surface area contributed by atoms with Gasteiger partial charge in [-0.25, -0.2) is 27.2 Å². The second-order valence-corrected chi connectivity index (χ2v) is 23.4. The van der Waals surface area contributed by atoms with Crippen LogP contribution in [0.5, 0.6) is 5.88 Å². The monoisotopic (exact) mass is 1090 g/mol. The summed E-state index contributed by atoms with van der Waals surface area (Å²) in [5.41, 5.74) is 4.55. The van der Waals surface area contributed by atoms with Gasteiger partial charge < -0.3 is 44.7 Å². The third-order valence-corrected chi connectivity index (χ3v) is 16.2. The highest BCUT2D eigenvalue weighted by Gasteiger charge is 2.49. The van der Waals surface area contributed by atoms with Gasteiger partial charge in [0.2, 0.25) is 5.91 Å². The average molecular weight is 1090 g/mol. The molecule has 23 heteroatoms. The third-order valence-electron chi connectivity index (χ3n) is 14.3. The number of nitrogens with zero attached hydrogens (tertiary/aromatic N) is 7. The maximum atomic E-state index is 15.1. The van der Waals surface area contributed by atoms with E-state index in [0.29, 0.717) is 58.8 Å². The van der Waals surface area contributed by atoms with Crippen molar-refractivity contribution in [2.75, 3.05) is 37.4 Å². The number of aliphatic imine (C=N–C) groups is 1. The summed E-state index contributed by atoms with van der Waals surface area (Å²) in [4.78, 5) is 73.0. The number of ether oxygens (including phenoxy) is 1. The average Bonchev–Trinajstić information content (AvgIpc) is 4.28. The number of aryl methyl sites for hydroxylation is 2. The number of aliphatic hydroxyl groups excluding tert-OH is 1. The largest absolute Gasteiger partial charge is 0.476 e. The molecule has 19 nitrogen and oxygen atoms in total. The first kappa shape index (κ1) is 52.8. The number of amides is 4. The molecular weight excluding hydrogens is 1030 g/mol. The molecule has 1 saturated heterocycles. The molecular formula is C54H56F2N10O9S2. The lowest BCUT2D eigenvalue weighted by atomic mass is 9.89. The molecule has 2 aromatic carbocycles. The molecule has 4 unspecified atom stereocenters. The SMILES string of the molecule is Cc1ncsc1-c1ccc(C2(C)NC(C3CC(O)CN3C(=O)C(c3cc(OCCCCCNC(=O)c4c(CS(C)(=O)=O)cc5cn(C)c6c5c4C4=CN(c5ncc(F)cc5F)CC=C4NC6=O)no3)C(C)C)=NC2=O)cc1. The minimum Gasteiger partial charge on any atom is -0.476 e. The summed E-state index contributed by atoms with van der Waals surface area (Å²) in [7, 11) is -2.04. The summed E-state index contributed by atoms with van der Waals surface area (Å²) >= 11 is 1.54. The number of thiazole rings is 1. The van der Waals surface area contributed by atoms with E-state index in [1.54, 1.807) is 53.4 Å². The van der Waals surface area contributed by atoms with Crippen LogP contribution in [-0.2, 0) is 37.8 Å². The number of hydrogen-bond acceptors (Lipinski definition) is 15. The fraction of sp³-hybridized carbons (Fsp3) is 0.370. The van der Waals surface area contributed by atoms with Crippen molar-refractivity contribution in [2.45, 2.75) is 82.7 Å². The quantitative estimate of drug-likeness (QED) is 0.0720. The molecule has 402 valence electrons. The normalized spacial score (nSPS) is 19.6. The molecule has 0 radical (unpaired) electrons. The van der Waals surface area contributed by atoms with E-state index in [4.69, 9.17) is 9.26 Å². The van der Waals surface area contributed by atoms with Crippen molar-refractivity contribution in [3.05, 3.63) is 129 Å². The van der Waals surface area contributed by atoms with E-state index in [1.807, 2.05) is 45.0 Å². The number of amidine groups is 1. The van der Waals surface area contributed by atoms with Gasteiger partial charge in [0.15, 0.2) is 27.2 Å². The number of pyridine rings is 1. The Morgan fingerprint density at radius 1 is 1.09 bits per heavy atom. The number of fused-ring (bicyclic) bond motifs is 2. The minimum atomic E-state index is -3.71. The summed E-state index contributed by atoms with van der Waals surface area (Å²) in [5.74, 6) is -4.62. The Kier molecular flexibility index (Phi) is 14.2. The molecule has 4 aliphatic rings. The van der Waals surface area contributed by atoms with E-state index in [2.05, 4.69) is 36.1 Å². The molecule has 6 aromatic rings. The zero-order valence-corrected chi connectivity index (χ0v) is 44.7. The number of unbranched alkanes of at least 4 members (excludes halogenated alkanes) is 2. The summed E-state index contributed by atoms with van der Waals surface area (Å²) < 4.78 is 68.1. The van der Waals surface area contributed by atoms with Gasteiger partial charge in [-0.1, -0.05) is 38.1 Å². The fourth-order valence-electron chi connectivity index (χ4n) is 10.6. The van der Waals surface area contributed by atoms with Crippen molar-refractivity contribution < 1.29 is 50.7 Å². The number of benzene rings is 2.